The van der Waals surface area contributed by atoms with Crippen molar-refractivity contribution < 1.29 is 28.0 Å². The number of anilines is 1. The minimum atomic E-state index is -4.44. The molecule has 2 unspecified atom stereocenters. The summed E-state index contributed by atoms with van der Waals surface area (Å²) in [6.45, 7) is 10.9. The molecule has 0 spiro atoms. The van der Waals surface area contributed by atoms with Crippen molar-refractivity contribution in [2.45, 2.75) is 78.1 Å². The van der Waals surface area contributed by atoms with Crippen molar-refractivity contribution in [2.24, 2.45) is 5.41 Å². The number of ether oxygens (including phenoxy) is 2. The van der Waals surface area contributed by atoms with E-state index in [1.54, 1.807) is 20.8 Å². The molecule has 1 saturated heterocycles. The number of hydrogen-bond acceptors (Lipinski definition) is 8. The normalized spacial score (nSPS) is 27.7. The standard InChI is InChI=1S/C18H32N3O7P/c1-17(2,3)10-11-13(27-29(23,24)28-18(4,5)6)14(25-7)15(26-11)21-9-8-12(19)20-16(21)22/h8-9,11,13-15H,10H2,1-7H3,(H,23,24)(H2,19,20,22)/t11-,13+,14?,15-/m1/s1. The average Bonchev–Trinajstić information content (AvgIpc) is 2.79. The fourth-order valence-corrected chi connectivity index (χ4v) is 4.52. The van der Waals surface area contributed by atoms with Gasteiger partial charge in [0.15, 0.2) is 6.23 Å². The van der Waals surface area contributed by atoms with Gasteiger partial charge in [-0.2, -0.15) is 4.98 Å². The quantitative estimate of drug-likeness (QED) is 0.649. The van der Waals surface area contributed by atoms with E-state index in [1.165, 1.54) is 23.9 Å². The summed E-state index contributed by atoms with van der Waals surface area (Å²) in [5, 5.41) is 0. The van der Waals surface area contributed by atoms with Gasteiger partial charge in [0, 0.05) is 13.3 Å². The van der Waals surface area contributed by atoms with Crippen molar-refractivity contribution in [3.8, 4) is 0 Å². The summed E-state index contributed by atoms with van der Waals surface area (Å²) < 4.78 is 36.2. The second-order valence-electron chi connectivity index (χ2n) is 9.31. The lowest BCUT2D eigenvalue weighted by atomic mass is 9.87. The molecule has 5 atom stereocenters. The minimum absolute atomic E-state index is 0.0793. The molecule has 10 nitrogen and oxygen atoms in total. The van der Waals surface area contributed by atoms with Crippen LogP contribution in [0.5, 0.6) is 0 Å². The Bertz CT molecular complexity index is 815. The second kappa shape index (κ2) is 8.45. The number of hydrogen-bond donors (Lipinski definition) is 2. The lowest BCUT2D eigenvalue weighted by Crippen LogP contribution is -2.39. The summed E-state index contributed by atoms with van der Waals surface area (Å²) >= 11 is 0. The van der Waals surface area contributed by atoms with Crippen molar-refractivity contribution >= 4 is 13.6 Å². The van der Waals surface area contributed by atoms with E-state index in [4.69, 9.17) is 24.3 Å². The number of phosphoric acid groups is 1. The summed E-state index contributed by atoms with van der Waals surface area (Å²) in [7, 11) is -3.02. The highest BCUT2D eigenvalue weighted by Crippen LogP contribution is 2.52. The molecular formula is C18H32N3O7P. The Hall–Kier alpha value is -1.29. The first-order valence-corrected chi connectivity index (χ1v) is 10.9. The number of rotatable bonds is 6. The van der Waals surface area contributed by atoms with Gasteiger partial charge in [-0.05, 0) is 38.7 Å². The van der Waals surface area contributed by atoms with E-state index < -0.39 is 43.7 Å². The zero-order chi connectivity index (χ0) is 22.2. The fraction of sp³-hybridized carbons (Fsp3) is 0.778. The van der Waals surface area contributed by atoms with Gasteiger partial charge < -0.3 is 20.1 Å². The Morgan fingerprint density at radius 3 is 2.38 bits per heavy atom. The van der Waals surface area contributed by atoms with Crippen LogP contribution in [0.2, 0.25) is 0 Å². The zero-order valence-electron chi connectivity index (χ0n) is 18.0. The molecule has 0 aliphatic carbocycles. The molecule has 0 bridgehead atoms. The lowest BCUT2D eigenvalue weighted by Gasteiger charge is -2.30. The maximum atomic E-state index is 12.6. The van der Waals surface area contributed by atoms with E-state index in [0.29, 0.717) is 6.42 Å². The minimum Gasteiger partial charge on any atom is -0.383 e. The van der Waals surface area contributed by atoms with Gasteiger partial charge in [-0.25, -0.2) is 9.36 Å². The molecule has 1 aliphatic rings. The first-order valence-electron chi connectivity index (χ1n) is 9.37. The molecule has 0 amide bonds. The van der Waals surface area contributed by atoms with E-state index in [1.807, 2.05) is 20.8 Å². The van der Waals surface area contributed by atoms with Crippen LogP contribution in [-0.4, -0.2) is 45.5 Å². The predicted molar refractivity (Wildman–Crippen MR) is 107 cm³/mol. The van der Waals surface area contributed by atoms with E-state index >= 15 is 0 Å². The van der Waals surface area contributed by atoms with Crippen molar-refractivity contribution in [3.63, 3.8) is 0 Å². The number of phosphoric ester groups is 1. The van der Waals surface area contributed by atoms with E-state index in [9.17, 15) is 14.3 Å². The van der Waals surface area contributed by atoms with Crippen LogP contribution >= 0.6 is 7.82 Å². The summed E-state index contributed by atoms with van der Waals surface area (Å²) in [6.07, 6.45) is -1.41. The summed E-state index contributed by atoms with van der Waals surface area (Å²) in [5.74, 6) is 0.0793. The van der Waals surface area contributed by atoms with Gasteiger partial charge >= 0.3 is 13.5 Å². The van der Waals surface area contributed by atoms with Gasteiger partial charge in [0.25, 0.3) is 0 Å². The van der Waals surface area contributed by atoms with E-state index in [0.717, 1.165) is 0 Å². The lowest BCUT2D eigenvalue weighted by molar-refractivity contribution is -0.0593. The molecule has 29 heavy (non-hydrogen) atoms. The van der Waals surface area contributed by atoms with E-state index in [-0.39, 0.29) is 11.2 Å². The number of methoxy groups -OCH3 is 1. The van der Waals surface area contributed by atoms with Crippen LogP contribution in [0.25, 0.3) is 0 Å². The molecule has 1 aliphatic heterocycles. The maximum Gasteiger partial charge on any atom is 0.473 e. The molecule has 1 aromatic heterocycles. The third-order valence-electron chi connectivity index (χ3n) is 4.14. The number of nitrogen functional groups attached to an aromatic ring is 1. The van der Waals surface area contributed by atoms with Crippen LogP contribution in [0.3, 0.4) is 0 Å². The van der Waals surface area contributed by atoms with Gasteiger partial charge in [-0.3, -0.25) is 13.6 Å². The molecule has 1 aromatic rings. The summed E-state index contributed by atoms with van der Waals surface area (Å²) in [4.78, 5) is 26.3. The van der Waals surface area contributed by atoms with Gasteiger partial charge in [-0.1, -0.05) is 20.8 Å². The Morgan fingerprint density at radius 2 is 1.90 bits per heavy atom. The maximum absolute atomic E-state index is 12.6. The SMILES string of the molecule is COC1[C@@H](OP(=O)(O)OC(C)(C)C)[C@@H](CC(C)(C)C)O[C@H]1n1ccc(N)nc1=O. The van der Waals surface area contributed by atoms with Crippen LogP contribution in [0.15, 0.2) is 17.1 Å². The molecule has 0 saturated carbocycles. The topological polar surface area (TPSA) is 135 Å². The van der Waals surface area contributed by atoms with Gasteiger partial charge in [0.1, 0.15) is 18.0 Å². The Kier molecular flexibility index (Phi) is 6.99. The number of aromatic nitrogens is 2. The highest BCUT2D eigenvalue weighted by Gasteiger charge is 2.51. The van der Waals surface area contributed by atoms with Crippen LogP contribution in [0, 0.1) is 5.41 Å². The molecular weight excluding hydrogens is 401 g/mol. The molecule has 0 aromatic carbocycles. The third-order valence-corrected chi connectivity index (χ3v) is 5.43. The Morgan fingerprint density at radius 1 is 1.28 bits per heavy atom. The van der Waals surface area contributed by atoms with Crippen LogP contribution in [0.4, 0.5) is 5.82 Å². The smallest absolute Gasteiger partial charge is 0.383 e. The second-order valence-corrected chi connectivity index (χ2v) is 10.6. The monoisotopic (exact) mass is 433 g/mol. The van der Waals surface area contributed by atoms with Crippen molar-refractivity contribution in [3.05, 3.63) is 22.7 Å². The Balaban J connectivity index is 2.41. The molecule has 11 heteroatoms. The van der Waals surface area contributed by atoms with Crippen LogP contribution in [-0.2, 0) is 23.1 Å². The predicted octanol–water partition coefficient (Wildman–Crippen LogP) is 2.47. The van der Waals surface area contributed by atoms with Crippen molar-refractivity contribution in [1.82, 2.24) is 9.55 Å². The largest absolute Gasteiger partial charge is 0.473 e. The Labute approximate surface area is 170 Å². The third kappa shape index (κ3) is 6.60. The van der Waals surface area contributed by atoms with Gasteiger partial charge in [0.05, 0.1) is 11.7 Å². The van der Waals surface area contributed by atoms with Crippen LogP contribution < -0.4 is 11.4 Å². The van der Waals surface area contributed by atoms with Crippen molar-refractivity contribution in [1.29, 1.82) is 0 Å². The van der Waals surface area contributed by atoms with Gasteiger partial charge in [0.2, 0.25) is 0 Å². The fourth-order valence-electron chi connectivity index (χ4n) is 3.22. The first kappa shape index (κ1) is 24.0. The highest BCUT2D eigenvalue weighted by molar-refractivity contribution is 7.47. The first-order chi connectivity index (χ1) is 13.1. The highest BCUT2D eigenvalue weighted by atomic mass is 31.2. The number of nitrogens with two attached hydrogens (primary N) is 1. The van der Waals surface area contributed by atoms with E-state index in [2.05, 4.69) is 4.98 Å². The van der Waals surface area contributed by atoms with Crippen molar-refractivity contribution in [2.75, 3.05) is 12.8 Å². The molecule has 2 heterocycles. The molecule has 166 valence electrons. The summed E-state index contributed by atoms with van der Waals surface area (Å²) in [5.41, 5.74) is 3.86. The zero-order valence-corrected chi connectivity index (χ0v) is 18.9. The molecule has 3 N–H and O–H groups in total. The number of nitrogens with zero attached hydrogens (tertiary/aromatic N) is 2. The van der Waals surface area contributed by atoms with Crippen LogP contribution in [0.1, 0.15) is 54.2 Å². The van der Waals surface area contributed by atoms with Gasteiger partial charge in [-0.15, -0.1) is 0 Å². The molecule has 2 rings (SSSR count). The summed E-state index contributed by atoms with van der Waals surface area (Å²) in [6, 6.07) is 1.46. The molecule has 0 radical (unpaired) electrons. The molecule has 1 fully saturated rings. The average molecular weight is 433 g/mol.